The minimum absolute atomic E-state index is 0.0387. The van der Waals surface area contributed by atoms with Gasteiger partial charge < -0.3 is 4.74 Å². The first-order valence-corrected chi connectivity index (χ1v) is 9.13. The highest BCUT2D eigenvalue weighted by molar-refractivity contribution is 9.10. The fraction of sp³-hybridized carbons (Fsp3) is 0.0476. The highest BCUT2D eigenvalue weighted by Gasteiger charge is 2.32. The number of halogens is 1. The maximum Gasteiger partial charge on any atom is 0.339 e. The zero-order valence-corrected chi connectivity index (χ0v) is 15.9. The van der Waals surface area contributed by atoms with Crippen LogP contribution in [0.5, 0.6) is 0 Å². The number of nitro groups is 1. The number of carbonyl (C=O) groups is 2. The molecular weight excluding hydrogens is 426 g/mol. The van der Waals surface area contributed by atoms with Crippen molar-refractivity contribution in [3.63, 3.8) is 0 Å². The Hall–Kier alpha value is -3.32. The monoisotopic (exact) mass is 437 g/mol. The van der Waals surface area contributed by atoms with Crippen molar-refractivity contribution >= 4 is 33.4 Å². The number of nitrogens with zero attached hydrogens (tertiary/aromatic N) is 1. The Balaban J connectivity index is 1.62. The molecule has 1 aliphatic rings. The molecule has 3 aromatic carbocycles. The van der Waals surface area contributed by atoms with E-state index in [4.69, 9.17) is 4.74 Å². The van der Waals surface area contributed by atoms with Gasteiger partial charge in [-0.05, 0) is 41.0 Å². The van der Waals surface area contributed by atoms with Crippen molar-refractivity contribution in [3.05, 3.63) is 97.5 Å². The van der Waals surface area contributed by atoms with E-state index in [1.165, 1.54) is 24.3 Å². The minimum atomic E-state index is -0.628. The van der Waals surface area contributed by atoms with Gasteiger partial charge in [-0.1, -0.05) is 40.2 Å². The second-order valence-corrected chi connectivity index (χ2v) is 7.17. The molecule has 0 amide bonds. The number of carbonyl (C=O) groups excluding carboxylic acids is 2. The summed E-state index contributed by atoms with van der Waals surface area (Å²) in [5.74, 6) is -0.836. The van der Waals surface area contributed by atoms with Gasteiger partial charge in [0.15, 0.2) is 5.78 Å². The smallest absolute Gasteiger partial charge is 0.339 e. The molecule has 0 N–H and O–H groups in total. The van der Waals surface area contributed by atoms with Gasteiger partial charge in [-0.3, -0.25) is 14.9 Å². The lowest BCUT2D eigenvalue weighted by molar-refractivity contribution is -0.384. The van der Waals surface area contributed by atoms with Gasteiger partial charge in [0.1, 0.15) is 6.61 Å². The number of hydrogen-bond acceptors (Lipinski definition) is 5. The summed E-state index contributed by atoms with van der Waals surface area (Å²) >= 11 is 3.39. The molecule has 4 rings (SSSR count). The van der Waals surface area contributed by atoms with Crippen LogP contribution in [-0.2, 0) is 11.3 Å². The molecule has 0 heterocycles. The van der Waals surface area contributed by atoms with Crippen LogP contribution in [0.4, 0.5) is 5.69 Å². The number of rotatable bonds is 4. The summed E-state index contributed by atoms with van der Waals surface area (Å²) in [6, 6.07) is 16.3. The molecule has 28 heavy (non-hydrogen) atoms. The van der Waals surface area contributed by atoms with E-state index in [0.717, 1.165) is 5.56 Å². The third-order valence-electron chi connectivity index (χ3n) is 4.53. The Morgan fingerprint density at radius 2 is 1.68 bits per heavy atom. The number of non-ortho nitro benzene ring substituents is 1. The van der Waals surface area contributed by atoms with Crippen molar-refractivity contribution in [1.82, 2.24) is 0 Å². The van der Waals surface area contributed by atoms with E-state index < -0.39 is 10.9 Å². The zero-order valence-electron chi connectivity index (χ0n) is 14.3. The summed E-state index contributed by atoms with van der Waals surface area (Å²) < 4.78 is 6.02. The minimum Gasteiger partial charge on any atom is -0.457 e. The molecule has 0 saturated heterocycles. The topological polar surface area (TPSA) is 86.5 Å². The lowest BCUT2D eigenvalue weighted by atomic mass is 10.0. The number of ketones is 1. The summed E-state index contributed by atoms with van der Waals surface area (Å²) in [6.45, 7) is -0.0563. The second-order valence-electron chi connectivity index (χ2n) is 6.25. The van der Waals surface area contributed by atoms with Crippen LogP contribution in [-0.4, -0.2) is 16.7 Å². The number of nitro benzene ring substituents is 1. The molecule has 0 atom stereocenters. The van der Waals surface area contributed by atoms with E-state index in [9.17, 15) is 19.7 Å². The van der Waals surface area contributed by atoms with Gasteiger partial charge >= 0.3 is 5.97 Å². The second kappa shape index (κ2) is 7.01. The maximum atomic E-state index is 12.8. The van der Waals surface area contributed by atoms with E-state index in [-0.39, 0.29) is 23.6 Å². The quantitative estimate of drug-likeness (QED) is 0.256. The first-order chi connectivity index (χ1) is 13.5. The van der Waals surface area contributed by atoms with Crippen LogP contribution in [0.25, 0.3) is 11.1 Å². The van der Waals surface area contributed by atoms with Crippen LogP contribution in [0.1, 0.15) is 31.8 Å². The third-order valence-corrected chi connectivity index (χ3v) is 4.99. The molecule has 0 aliphatic heterocycles. The lowest BCUT2D eigenvalue weighted by Gasteiger charge is -2.09. The molecule has 0 bridgehead atoms. The Kier molecular flexibility index (Phi) is 4.52. The Labute approximate surface area is 168 Å². The summed E-state index contributed by atoms with van der Waals surface area (Å²) in [6.07, 6.45) is 0. The first kappa shape index (κ1) is 18.1. The molecule has 0 unspecified atom stereocenters. The lowest BCUT2D eigenvalue weighted by Crippen LogP contribution is -2.11. The van der Waals surface area contributed by atoms with Crippen molar-refractivity contribution in [1.29, 1.82) is 0 Å². The van der Waals surface area contributed by atoms with Crippen LogP contribution in [0.3, 0.4) is 0 Å². The third kappa shape index (κ3) is 3.10. The number of ether oxygens (including phenoxy) is 1. The normalized spacial score (nSPS) is 11.7. The van der Waals surface area contributed by atoms with Crippen molar-refractivity contribution in [2.75, 3.05) is 0 Å². The number of fused-ring (bicyclic) bond motifs is 3. The van der Waals surface area contributed by atoms with Crippen molar-refractivity contribution in [2.24, 2.45) is 0 Å². The average Bonchev–Trinajstić information content (AvgIpc) is 2.98. The van der Waals surface area contributed by atoms with E-state index in [1.54, 1.807) is 18.2 Å². The number of hydrogen-bond donors (Lipinski definition) is 0. The van der Waals surface area contributed by atoms with Gasteiger partial charge in [-0.15, -0.1) is 0 Å². The SMILES string of the molecule is O=C(OCc1ccc([N+](=O)[O-])cc1)c1cc(Br)cc2c1C(=O)c1ccccc1-2. The van der Waals surface area contributed by atoms with Gasteiger partial charge in [0.25, 0.3) is 5.69 Å². The molecule has 0 radical (unpaired) electrons. The highest BCUT2D eigenvalue weighted by Crippen LogP contribution is 2.40. The summed E-state index contributed by atoms with van der Waals surface area (Å²) in [5.41, 5.74) is 3.12. The molecular formula is C21H12BrNO5. The fourth-order valence-corrected chi connectivity index (χ4v) is 3.67. The van der Waals surface area contributed by atoms with Gasteiger partial charge in [0.05, 0.1) is 10.5 Å². The molecule has 0 spiro atoms. The van der Waals surface area contributed by atoms with Crippen LogP contribution >= 0.6 is 15.9 Å². The average molecular weight is 438 g/mol. The van der Waals surface area contributed by atoms with E-state index in [2.05, 4.69) is 15.9 Å². The van der Waals surface area contributed by atoms with Crippen LogP contribution in [0, 0.1) is 10.1 Å². The summed E-state index contributed by atoms with van der Waals surface area (Å²) in [5, 5.41) is 10.7. The molecule has 1 aliphatic carbocycles. The fourth-order valence-electron chi connectivity index (χ4n) is 3.22. The predicted octanol–water partition coefficient (Wildman–Crippen LogP) is 4.93. The molecule has 0 aromatic heterocycles. The van der Waals surface area contributed by atoms with E-state index >= 15 is 0 Å². The molecule has 138 valence electrons. The standard InChI is InChI=1S/C21H12BrNO5/c22-13-9-17-15-3-1-2-4-16(15)20(24)19(17)18(10-13)21(25)28-11-12-5-7-14(8-6-12)23(26)27/h1-10H,11H2. The molecule has 0 fully saturated rings. The first-order valence-electron chi connectivity index (χ1n) is 8.34. The van der Waals surface area contributed by atoms with Gasteiger partial charge in [-0.25, -0.2) is 4.79 Å². The maximum absolute atomic E-state index is 12.8. The van der Waals surface area contributed by atoms with Gasteiger partial charge in [0, 0.05) is 27.7 Å². The summed E-state index contributed by atoms with van der Waals surface area (Å²) in [7, 11) is 0. The van der Waals surface area contributed by atoms with Crippen LogP contribution in [0.2, 0.25) is 0 Å². The largest absolute Gasteiger partial charge is 0.457 e. The number of esters is 1. The molecule has 7 heteroatoms. The van der Waals surface area contributed by atoms with Crippen molar-refractivity contribution in [3.8, 4) is 11.1 Å². The van der Waals surface area contributed by atoms with Gasteiger partial charge in [-0.2, -0.15) is 0 Å². The Bertz CT molecular complexity index is 1140. The Morgan fingerprint density at radius 3 is 2.36 bits per heavy atom. The zero-order chi connectivity index (χ0) is 19.8. The Morgan fingerprint density at radius 1 is 1.00 bits per heavy atom. The van der Waals surface area contributed by atoms with Crippen LogP contribution in [0.15, 0.2) is 65.1 Å². The van der Waals surface area contributed by atoms with Crippen LogP contribution < -0.4 is 0 Å². The molecule has 0 saturated carbocycles. The summed E-state index contributed by atoms with van der Waals surface area (Å²) in [4.78, 5) is 35.7. The predicted molar refractivity (Wildman–Crippen MR) is 105 cm³/mol. The highest BCUT2D eigenvalue weighted by atomic mass is 79.9. The van der Waals surface area contributed by atoms with E-state index in [0.29, 0.717) is 26.7 Å². The molecule has 6 nitrogen and oxygen atoms in total. The molecule has 3 aromatic rings. The van der Waals surface area contributed by atoms with Crippen molar-refractivity contribution in [2.45, 2.75) is 6.61 Å². The number of benzene rings is 3. The van der Waals surface area contributed by atoms with E-state index in [1.807, 2.05) is 18.2 Å². The van der Waals surface area contributed by atoms with Gasteiger partial charge in [0.2, 0.25) is 0 Å². The van der Waals surface area contributed by atoms with Crippen molar-refractivity contribution < 1.29 is 19.2 Å².